The fraction of sp³-hybridized carbons (Fsp3) is 0.471. The van der Waals surface area contributed by atoms with Crippen molar-refractivity contribution >= 4 is 23.4 Å². The average Bonchev–Trinajstić information content (AvgIpc) is 3.09. The first-order valence-corrected chi connectivity index (χ1v) is 16.2. The number of fused-ring (bicyclic) bond motifs is 1. The van der Waals surface area contributed by atoms with E-state index in [1.54, 1.807) is 25.3 Å². The molecule has 2 aliphatic rings. The van der Waals surface area contributed by atoms with Gasteiger partial charge in [-0.2, -0.15) is 26.3 Å². The van der Waals surface area contributed by atoms with Crippen molar-refractivity contribution in [3.05, 3.63) is 76.2 Å². The molecular formula is C34H37F6N5O6. The van der Waals surface area contributed by atoms with Gasteiger partial charge in [0.25, 0.3) is 0 Å². The summed E-state index contributed by atoms with van der Waals surface area (Å²) in [5.41, 5.74) is 4.07. The van der Waals surface area contributed by atoms with Crippen molar-refractivity contribution in [1.82, 2.24) is 9.97 Å². The molecule has 4 heterocycles. The van der Waals surface area contributed by atoms with Crippen LogP contribution in [0.5, 0.6) is 5.88 Å². The number of nitrogens with two attached hydrogens (primary N) is 1. The van der Waals surface area contributed by atoms with Crippen LogP contribution in [0.3, 0.4) is 0 Å². The zero-order valence-corrected chi connectivity index (χ0v) is 27.8. The highest BCUT2D eigenvalue weighted by atomic mass is 19.4. The molecule has 0 bridgehead atoms. The quantitative estimate of drug-likeness (QED) is 0.179. The maximum absolute atomic E-state index is 13.8. The number of benzene rings is 1. The second-order valence-corrected chi connectivity index (χ2v) is 12.3. The van der Waals surface area contributed by atoms with Gasteiger partial charge in [-0.3, -0.25) is 14.7 Å². The van der Waals surface area contributed by atoms with E-state index in [4.69, 9.17) is 30.0 Å². The molecule has 1 aromatic carbocycles. The first kappa shape index (κ1) is 37.6. The number of ether oxygens (including phenoxy) is 3. The Labute approximate surface area is 289 Å². The molecule has 0 radical (unpaired) electrons. The minimum atomic E-state index is -5.04. The van der Waals surface area contributed by atoms with E-state index in [0.29, 0.717) is 49.7 Å². The molecule has 3 N–H and O–H groups in total. The summed E-state index contributed by atoms with van der Waals surface area (Å²) in [6.07, 6.45) is -9.72. The summed E-state index contributed by atoms with van der Waals surface area (Å²) >= 11 is 0. The van der Waals surface area contributed by atoms with Gasteiger partial charge < -0.3 is 30.0 Å². The molecule has 5 rings (SSSR count). The lowest BCUT2D eigenvalue weighted by molar-refractivity contribution is -0.143. The monoisotopic (exact) mass is 725 g/mol. The Morgan fingerprint density at radius 2 is 1.71 bits per heavy atom. The first-order chi connectivity index (χ1) is 24.0. The number of anilines is 2. The molecule has 17 heteroatoms. The second kappa shape index (κ2) is 14.9. The predicted octanol–water partition coefficient (Wildman–Crippen LogP) is 6.36. The molecule has 0 aliphatic carbocycles. The standard InChI is InChI=1S/C34H37F6N5O6/c1-3-32(41)18-25(30-26(6-7-27(43-30)49-2)45(32)31(48)51-10-4-5-28(46)47)29-21(16-24(19-42-29)44-8-11-50-12-9-44)13-20-14-22(33(35,36)37)17-23(15-20)34(38,39)40/h6-7,14-17,19,25H,3-5,8-13,18,41H2,1-2H3,(H,46,47)/t25-,32+/m0/s1. The third kappa shape index (κ3) is 8.47. The minimum Gasteiger partial charge on any atom is -0.481 e. The van der Waals surface area contributed by atoms with Crippen molar-refractivity contribution in [2.24, 2.45) is 5.73 Å². The van der Waals surface area contributed by atoms with Crippen LogP contribution >= 0.6 is 0 Å². The summed E-state index contributed by atoms with van der Waals surface area (Å²) in [7, 11) is 1.38. The fourth-order valence-electron chi connectivity index (χ4n) is 6.35. The third-order valence-corrected chi connectivity index (χ3v) is 8.95. The number of pyridine rings is 2. The van der Waals surface area contributed by atoms with Crippen LogP contribution in [0.1, 0.15) is 72.2 Å². The van der Waals surface area contributed by atoms with Crippen molar-refractivity contribution < 1.29 is 55.2 Å². The smallest absolute Gasteiger partial charge is 0.416 e. The number of morpholine rings is 1. The van der Waals surface area contributed by atoms with Crippen LogP contribution < -0.4 is 20.3 Å². The molecule has 11 nitrogen and oxygen atoms in total. The minimum absolute atomic E-state index is 0.0197. The van der Waals surface area contributed by atoms with Crippen molar-refractivity contribution in [1.29, 1.82) is 0 Å². The number of rotatable bonds is 10. The van der Waals surface area contributed by atoms with Gasteiger partial charge in [0.1, 0.15) is 5.66 Å². The molecule has 51 heavy (non-hydrogen) atoms. The van der Waals surface area contributed by atoms with Crippen LogP contribution in [-0.4, -0.2) is 72.8 Å². The Balaban J connectivity index is 1.65. The number of halogens is 6. The van der Waals surface area contributed by atoms with E-state index in [2.05, 4.69) is 4.98 Å². The van der Waals surface area contributed by atoms with E-state index in [-0.39, 0.29) is 73.3 Å². The van der Waals surface area contributed by atoms with Crippen LogP contribution in [0.2, 0.25) is 0 Å². The topological polar surface area (TPSA) is 140 Å². The highest BCUT2D eigenvalue weighted by Gasteiger charge is 2.47. The Kier molecular flexibility index (Phi) is 11.0. The van der Waals surface area contributed by atoms with Crippen molar-refractivity contribution in [2.75, 3.05) is 49.8 Å². The maximum Gasteiger partial charge on any atom is 0.416 e. The van der Waals surface area contributed by atoms with E-state index in [0.717, 1.165) is 0 Å². The van der Waals surface area contributed by atoms with Crippen LogP contribution in [0.4, 0.5) is 42.5 Å². The molecular weight excluding hydrogens is 688 g/mol. The lowest BCUT2D eigenvalue weighted by Gasteiger charge is -2.46. The highest BCUT2D eigenvalue weighted by Crippen LogP contribution is 2.47. The van der Waals surface area contributed by atoms with Gasteiger partial charge in [0.15, 0.2) is 0 Å². The number of carboxylic acid groups (broad SMARTS) is 1. The van der Waals surface area contributed by atoms with Crippen molar-refractivity contribution in [2.45, 2.75) is 63.0 Å². The first-order valence-electron chi connectivity index (χ1n) is 16.2. The molecule has 276 valence electrons. The van der Waals surface area contributed by atoms with Gasteiger partial charge in [-0.05, 0) is 67.1 Å². The van der Waals surface area contributed by atoms with E-state index in [9.17, 15) is 35.9 Å². The van der Waals surface area contributed by atoms with Gasteiger partial charge >= 0.3 is 24.4 Å². The van der Waals surface area contributed by atoms with Gasteiger partial charge in [-0.25, -0.2) is 9.78 Å². The van der Waals surface area contributed by atoms with Crippen LogP contribution in [0.25, 0.3) is 0 Å². The van der Waals surface area contributed by atoms with E-state index >= 15 is 0 Å². The normalized spacial score (nSPS) is 19.4. The van der Waals surface area contributed by atoms with E-state index in [1.165, 1.54) is 18.1 Å². The molecule has 2 aromatic heterocycles. The largest absolute Gasteiger partial charge is 0.481 e. The lowest BCUT2D eigenvalue weighted by atomic mass is 9.80. The maximum atomic E-state index is 13.8. The Bertz CT molecular complexity index is 1720. The number of nitrogens with zero attached hydrogens (tertiary/aromatic N) is 4. The van der Waals surface area contributed by atoms with E-state index < -0.39 is 47.1 Å². The Hall–Kier alpha value is -4.64. The summed E-state index contributed by atoms with van der Waals surface area (Å²) in [6, 6.07) is 6.20. The zero-order valence-electron chi connectivity index (χ0n) is 27.8. The lowest BCUT2D eigenvalue weighted by Crippen LogP contribution is -2.61. The van der Waals surface area contributed by atoms with Crippen LogP contribution in [-0.2, 0) is 33.0 Å². The number of hydrogen-bond donors (Lipinski definition) is 2. The summed E-state index contributed by atoms with van der Waals surface area (Å²) < 4.78 is 99.3. The van der Waals surface area contributed by atoms with Gasteiger partial charge in [-0.1, -0.05) is 6.92 Å². The van der Waals surface area contributed by atoms with Crippen LogP contribution in [0.15, 0.2) is 42.6 Å². The average molecular weight is 726 g/mol. The third-order valence-electron chi connectivity index (χ3n) is 8.95. The number of alkyl halides is 6. The van der Waals surface area contributed by atoms with Gasteiger partial charge in [0, 0.05) is 31.5 Å². The summed E-state index contributed by atoms with van der Waals surface area (Å²) in [5, 5.41) is 8.97. The van der Waals surface area contributed by atoms with Gasteiger partial charge in [0.2, 0.25) is 5.88 Å². The number of amides is 1. The fourth-order valence-corrected chi connectivity index (χ4v) is 6.35. The molecule has 3 aromatic rings. The number of hydrogen-bond acceptors (Lipinski definition) is 9. The number of carbonyl (C=O) groups is 2. The summed E-state index contributed by atoms with van der Waals surface area (Å²) in [5.74, 6) is -1.70. The molecule has 1 amide bonds. The summed E-state index contributed by atoms with van der Waals surface area (Å²) in [6.45, 7) is 3.33. The SMILES string of the molecule is CC[C@]1(N)C[C@@H](c2ncc(N3CCOCC3)cc2Cc2cc(C(F)(F)F)cc(C(F)(F)F)c2)c2nc(OC)ccc2N1C(=O)OCCCC(=O)O. The number of aliphatic carboxylic acids is 1. The molecule has 1 saturated heterocycles. The highest BCUT2D eigenvalue weighted by molar-refractivity contribution is 5.91. The van der Waals surface area contributed by atoms with Crippen molar-refractivity contribution in [3.8, 4) is 5.88 Å². The Morgan fingerprint density at radius 1 is 1.04 bits per heavy atom. The molecule has 2 aliphatic heterocycles. The molecule has 2 atom stereocenters. The summed E-state index contributed by atoms with van der Waals surface area (Å²) in [4.78, 5) is 37.1. The number of methoxy groups -OCH3 is 1. The van der Waals surface area contributed by atoms with E-state index in [1.807, 2.05) is 4.90 Å². The number of carbonyl (C=O) groups excluding carboxylic acids is 1. The molecule has 1 fully saturated rings. The second-order valence-electron chi connectivity index (χ2n) is 12.3. The van der Waals surface area contributed by atoms with Gasteiger partial charge in [-0.15, -0.1) is 0 Å². The Morgan fingerprint density at radius 3 is 2.29 bits per heavy atom. The number of aromatic nitrogens is 2. The molecule has 0 unspecified atom stereocenters. The van der Waals surface area contributed by atoms with Crippen molar-refractivity contribution in [3.63, 3.8) is 0 Å². The van der Waals surface area contributed by atoms with Crippen LogP contribution in [0, 0.1) is 0 Å². The molecule has 0 spiro atoms. The van der Waals surface area contributed by atoms with Gasteiger partial charge in [0.05, 0.1) is 67.0 Å². The molecule has 0 saturated carbocycles. The predicted molar refractivity (Wildman–Crippen MR) is 172 cm³/mol. The number of carboxylic acids is 1. The zero-order chi connectivity index (χ0) is 37.1.